The molecule has 0 amide bonds. The summed E-state index contributed by atoms with van der Waals surface area (Å²) in [5, 5.41) is 0. The molecule has 0 heterocycles. The first-order valence-corrected chi connectivity index (χ1v) is 6.63. The molecule has 0 unspecified atom stereocenters. The number of carbonyl (C=O) groups excluding carboxylic acids is 3. The first-order valence-electron chi connectivity index (χ1n) is 6.63. The Balaban J connectivity index is 2.39. The number of methoxy groups -OCH3 is 1. The Morgan fingerprint density at radius 3 is 2.41 bits per heavy atom. The fourth-order valence-electron chi connectivity index (χ4n) is 1.36. The van der Waals surface area contributed by atoms with Crippen LogP contribution in [0.1, 0.15) is 24.2 Å². The molecule has 0 radical (unpaired) electrons. The number of hydrogen-bond donors (Lipinski definition) is 0. The lowest BCUT2D eigenvalue weighted by Gasteiger charge is -2.08. The van der Waals surface area contributed by atoms with Gasteiger partial charge in [-0.1, -0.05) is 19.9 Å². The predicted molar refractivity (Wildman–Crippen MR) is 75.6 cm³/mol. The fourth-order valence-corrected chi connectivity index (χ4v) is 1.36. The second kappa shape index (κ2) is 8.66. The Morgan fingerprint density at radius 1 is 1.09 bits per heavy atom. The van der Waals surface area contributed by atoms with Gasteiger partial charge in [0, 0.05) is 0 Å². The standard InChI is InChI=1S/C15H18O7/c1-10(2)13(16)20-7-8-21-15(18)22-12-6-4-5-11(9-12)14(17)19-3/h4-6,9-10H,7-8H2,1-3H3. The highest BCUT2D eigenvalue weighted by Crippen LogP contribution is 2.14. The number of rotatable bonds is 6. The Morgan fingerprint density at radius 2 is 1.77 bits per heavy atom. The van der Waals surface area contributed by atoms with E-state index in [0.29, 0.717) is 0 Å². The van der Waals surface area contributed by atoms with Crippen molar-refractivity contribution in [2.24, 2.45) is 5.92 Å². The molecular formula is C15H18O7. The summed E-state index contributed by atoms with van der Waals surface area (Å²) in [6.07, 6.45) is -0.956. The van der Waals surface area contributed by atoms with Gasteiger partial charge in [0.25, 0.3) is 0 Å². The number of ether oxygens (including phenoxy) is 4. The summed E-state index contributed by atoms with van der Waals surface area (Å²) in [5.41, 5.74) is 0.249. The molecule has 120 valence electrons. The van der Waals surface area contributed by atoms with Crippen LogP contribution in [0.15, 0.2) is 24.3 Å². The average Bonchev–Trinajstić information content (AvgIpc) is 2.50. The van der Waals surface area contributed by atoms with Gasteiger partial charge in [-0.25, -0.2) is 9.59 Å². The van der Waals surface area contributed by atoms with Crippen LogP contribution in [0.25, 0.3) is 0 Å². The van der Waals surface area contributed by atoms with E-state index in [1.165, 1.54) is 25.3 Å². The van der Waals surface area contributed by atoms with Gasteiger partial charge in [-0.2, -0.15) is 0 Å². The van der Waals surface area contributed by atoms with Crippen molar-refractivity contribution in [2.45, 2.75) is 13.8 Å². The van der Waals surface area contributed by atoms with Crippen molar-refractivity contribution in [2.75, 3.05) is 20.3 Å². The number of benzene rings is 1. The summed E-state index contributed by atoms with van der Waals surface area (Å²) in [7, 11) is 1.25. The monoisotopic (exact) mass is 310 g/mol. The second-order valence-corrected chi connectivity index (χ2v) is 4.54. The van der Waals surface area contributed by atoms with Crippen LogP contribution in [0.5, 0.6) is 5.75 Å². The summed E-state index contributed by atoms with van der Waals surface area (Å²) in [6, 6.07) is 5.91. The predicted octanol–water partition coefficient (Wildman–Crippen LogP) is 2.19. The second-order valence-electron chi connectivity index (χ2n) is 4.54. The lowest BCUT2D eigenvalue weighted by molar-refractivity contribution is -0.148. The van der Waals surface area contributed by atoms with Gasteiger partial charge in [0.1, 0.15) is 19.0 Å². The molecule has 0 N–H and O–H groups in total. The van der Waals surface area contributed by atoms with E-state index < -0.39 is 12.1 Å². The van der Waals surface area contributed by atoms with E-state index in [4.69, 9.17) is 14.2 Å². The van der Waals surface area contributed by atoms with Crippen molar-refractivity contribution >= 4 is 18.1 Å². The maximum atomic E-state index is 11.4. The maximum absolute atomic E-state index is 11.4. The van der Waals surface area contributed by atoms with Gasteiger partial charge in [-0.15, -0.1) is 0 Å². The summed E-state index contributed by atoms with van der Waals surface area (Å²) in [6.45, 7) is 3.24. The van der Waals surface area contributed by atoms with Crippen LogP contribution in [0.4, 0.5) is 4.79 Å². The molecule has 0 bridgehead atoms. The topological polar surface area (TPSA) is 88.1 Å². The number of hydrogen-bond acceptors (Lipinski definition) is 7. The minimum atomic E-state index is -0.956. The smallest absolute Gasteiger partial charge is 0.465 e. The van der Waals surface area contributed by atoms with E-state index in [-0.39, 0.29) is 36.4 Å². The zero-order valence-corrected chi connectivity index (χ0v) is 12.7. The number of carbonyl (C=O) groups is 3. The summed E-state index contributed by atoms with van der Waals surface area (Å²) in [4.78, 5) is 33.9. The first-order chi connectivity index (χ1) is 10.4. The van der Waals surface area contributed by atoms with Crippen molar-refractivity contribution in [3.05, 3.63) is 29.8 Å². The zero-order valence-electron chi connectivity index (χ0n) is 12.7. The maximum Gasteiger partial charge on any atom is 0.513 e. The third-order valence-electron chi connectivity index (χ3n) is 2.48. The summed E-state index contributed by atoms with van der Waals surface area (Å²) < 4.78 is 19.0. The molecule has 0 atom stereocenters. The highest BCUT2D eigenvalue weighted by Gasteiger charge is 2.11. The van der Waals surface area contributed by atoms with Crippen LogP contribution in [-0.4, -0.2) is 38.4 Å². The van der Waals surface area contributed by atoms with Crippen molar-refractivity contribution < 1.29 is 33.3 Å². The van der Waals surface area contributed by atoms with E-state index in [1.54, 1.807) is 19.9 Å². The lowest BCUT2D eigenvalue weighted by atomic mass is 10.2. The van der Waals surface area contributed by atoms with Crippen molar-refractivity contribution in [3.63, 3.8) is 0 Å². The van der Waals surface area contributed by atoms with Crippen LogP contribution in [-0.2, 0) is 19.0 Å². The van der Waals surface area contributed by atoms with Gasteiger partial charge < -0.3 is 18.9 Å². The zero-order chi connectivity index (χ0) is 16.5. The average molecular weight is 310 g/mol. The molecule has 0 aliphatic carbocycles. The number of esters is 2. The van der Waals surface area contributed by atoms with Gasteiger partial charge in [0.2, 0.25) is 0 Å². The first kappa shape index (κ1) is 17.5. The molecular weight excluding hydrogens is 292 g/mol. The molecule has 0 fully saturated rings. The SMILES string of the molecule is COC(=O)c1cccc(OC(=O)OCCOC(=O)C(C)C)c1. The highest BCUT2D eigenvalue weighted by atomic mass is 16.7. The largest absolute Gasteiger partial charge is 0.513 e. The molecule has 1 aromatic rings. The Labute approximate surface area is 128 Å². The molecule has 0 aromatic heterocycles. The van der Waals surface area contributed by atoms with Gasteiger partial charge in [-0.3, -0.25) is 4.79 Å². The van der Waals surface area contributed by atoms with E-state index >= 15 is 0 Å². The molecule has 0 spiro atoms. The minimum Gasteiger partial charge on any atom is -0.465 e. The highest BCUT2D eigenvalue weighted by molar-refractivity contribution is 5.89. The third-order valence-corrected chi connectivity index (χ3v) is 2.48. The van der Waals surface area contributed by atoms with Gasteiger partial charge in [0.05, 0.1) is 18.6 Å². The van der Waals surface area contributed by atoms with E-state index in [0.717, 1.165) is 0 Å². The Kier molecular flexibility index (Phi) is 6.88. The Hall–Kier alpha value is -2.57. The minimum absolute atomic E-state index is 0.0473. The summed E-state index contributed by atoms with van der Waals surface area (Å²) in [5.74, 6) is -1.01. The molecule has 1 rings (SSSR count). The quantitative estimate of drug-likeness (QED) is 0.344. The van der Waals surface area contributed by atoms with E-state index in [9.17, 15) is 14.4 Å². The van der Waals surface area contributed by atoms with Crippen LogP contribution in [0, 0.1) is 5.92 Å². The molecule has 22 heavy (non-hydrogen) atoms. The molecule has 0 aliphatic rings. The van der Waals surface area contributed by atoms with Crippen molar-refractivity contribution in [1.29, 1.82) is 0 Å². The van der Waals surface area contributed by atoms with E-state index in [2.05, 4.69) is 4.74 Å². The van der Waals surface area contributed by atoms with Gasteiger partial charge in [-0.05, 0) is 18.2 Å². The van der Waals surface area contributed by atoms with Crippen molar-refractivity contribution in [1.82, 2.24) is 0 Å². The van der Waals surface area contributed by atoms with Crippen LogP contribution in [0.2, 0.25) is 0 Å². The molecule has 7 nitrogen and oxygen atoms in total. The lowest BCUT2D eigenvalue weighted by Crippen LogP contribution is -2.18. The van der Waals surface area contributed by atoms with Gasteiger partial charge in [0.15, 0.2) is 0 Å². The van der Waals surface area contributed by atoms with Crippen molar-refractivity contribution in [3.8, 4) is 5.75 Å². The Bertz CT molecular complexity index is 536. The van der Waals surface area contributed by atoms with Gasteiger partial charge >= 0.3 is 18.1 Å². The van der Waals surface area contributed by atoms with Crippen LogP contribution >= 0.6 is 0 Å². The van der Waals surface area contributed by atoms with Crippen LogP contribution < -0.4 is 4.74 Å². The fraction of sp³-hybridized carbons (Fsp3) is 0.400. The van der Waals surface area contributed by atoms with E-state index in [1.807, 2.05) is 0 Å². The molecule has 1 aromatic carbocycles. The molecule has 0 saturated carbocycles. The third kappa shape index (κ3) is 5.82. The summed E-state index contributed by atoms with van der Waals surface area (Å²) >= 11 is 0. The molecule has 0 aliphatic heterocycles. The van der Waals surface area contributed by atoms with Crippen LogP contribution in [0.3, 0.4) is 0 Å². The molecule has 7 heteroatoms. The molecule has 0 saturated heterocycles. The normalized spacial score (nSPS) is 10.0.